The SMILES string of the molecule is Cc1ccc(S(=O)(=O)N(CC(C)C)C[C@@H](O)[C@@](C)(NC(=O)C2CCC3(CCCO3)C2)c2ccccc2)cc1. The Balaban J connectivity index is 1.60. The monoisotopic (exact) mass is 542 g/mol. The predicted molar refractivity (Wildman–Crippen MR) is 148 cm³/mol. The maximum atomic E-state index is 13.7. The molecule has 2 aromatic carbocycles. The zero-order valence-corrected chi connectivity index (χ0v) is 23.8. The fraction of sp³-hybridized carbons (Fsp3) is 0.567. The van der Waals surface area contributed by atoms with Crippen molar-refractivity contribution in [3.63, 3.8) is 0 Å². The Bertz CT molecular complexity index is 1190. The van der Waals surface area contributed by atoms with Gasteiger partial charge in [-0.05, 0) is 69.6 Å². The highest BCUT2D eigenvalue weighted by atomic mass is 32.2. The third-order valence-corrected chi connectivity index (χ3v) is 10.00. The van der Waals surface area contributed by atoms with E-state index in [-0.39, 0.29) is 41.3 Å². The molecule has 1 aliphatic carbocycles. The van der Waals surface area contributed by atoms with Gasteiger partial charge in [-0.3, -0.25) is 4.79 Å². The van der Waals surface area contributed by atoms with Crippen LogP contribution in [-0.2, 0) is 25.1 Å². The minimum absolute atomic E-state index is 0.0427. The highest BCUT2D eigenvalue weighted by Crippen LogP contribution is 2.44. The van der Waals surface area contributed by atoms with Gasteiger partial charge < -0.3 is 15.2 Å². The van der Waals surface area contributed by atoms with Crippen LogP contribution in [0.1, 0.15) is 64.0 Å². The highest BCUT2D eigenvalue weighted by molar-refractivity contribution is 7.89. The Morgan fingerprint density at radius 3 is 2.42 bits per heavy atom. The molecular formula is C30H42N2O5S. The van der Waals surface area contributed by atoms with Crippen molar-refractivity contribution >= 4 is 15.9 Å². The summed E-state index contributed by atoms with van der Waals surface area (Å²) in [6.07, 6.45) is 3.11. The van der Waals surface area contributed by atoms with Crippen LogP contribution in [0.3, 0.4) is 0 Å². The topological polar surface area (TPSA) is 95.9 Å². The summed E-state index contributed by atoms with van der Waals surface area (Å²) in [4.78, 5) is 13.8. The Morgan fingerprint density at radius 2 is 1.82 bits per heavy atom. The molecule has 2 aromatic rings. The maximum Gasteiger partial charge on any atom is 0.243 e. The molecule has 1 spiro atoms. The number of aliphatic hydroxyl groups excluding tert-OH is 1. The number of hydrogen-bond acceptors (Lipinski definition) is 5. The molecule has 1 saturated carbocycles. The molecule has 2 aliphatic rings. The number of carbonyl (C=O) groups is 1. The van der Waals surface area contributed by atoms with E-state index in [2.05, 4.69) is 5.32 Å². The molecule has 38 heavy (non-hydrogen) atoms. The van der Waals surface area contributed by atoms with Crippen LogP contribution in [0.2, 0.25) is 0 Å². The van der Waals surface area contributed by atoms with Gasteiger partial charge >= 0.3 is 0 Å². The van der Waals surface area contributed by atoms with E-state index in [9.17, 15) is 18.3 Å². The summed E-state index contributed by atoms with van der Waals surface area (Å²) in [5, 5.41) is 14.9. The molecular weight excluding hydrogens is 500 g/mol. The van der Waals surface area contributed by atoms with Gasteiger partial charge in [-0.15, -0.1) is 0 Å². The lowest BCUT2D eigenvalue weighted by molar-refractivity contribution is -0.129. The first kappa shape index (κ1) is 28.7. The second-order valence-electron chi connectivity index (χ2n) is 11.7. The van der Waals surface area contributed by atoms with Crippen molar-refractivity contribution in [2.24, 2.45) is 11.8 Å². The molecule has 1 aliphatic heterocycles. The number of amides is 1. The molecule has 1 amide bonds. The van der Waals surface area contributed by atoms with Gasteiger partial charge in [0.2, 0.25) is 15.9 Å². The van der Waals surface area contributed by atoms with Crippen molar-refractivity contribution < 1.29 is 23.1 Å². The molecule has 2 N–H and O–H groups in total. The standard InChI is InChI=1S/C30H42N2O5S/c1-22(2)20-32(38(35,36)26-13-11-23(3)12-14-26)21-27(33)29(4,25-9-6-5-7-10-25)31-28(34)24-15-17-30(19-24)16-8-18-37-30/h5-7,9-14,22,24,27,33H,8,15-21H2,1-4H3,(H,31,34)/t24?,27-,29+,30?/m1/s1. The normalized spacial score (nSPS) is 24.1. The third kappa shape index (κ3) is 6.14. The number of nitrogens with one attached hydrogen (secondary N) is 1. The molecule has 2 unspecified atom stereocenters. The van der Waals surface area contributed by atoms with Crippen molar-refractivity contribution in [3.8, 4) is 0 Å². The van der Waals surface area contributed by atoms with E-state index in [1.54, 1.807) is 31.2 Å². The second-order valence-corrected chi connectivity index (χ2v) is 13.6. The third-order valence-electron chi connectivity index (χ3n) is 8.15. The van der Waals surface area contributed by atoms with Gasteiger partial charge in [0.1, 0.15) is 0 Å². The van der Waals surface area contributed by atoms with E-state index in [0.717, 1.165) is 43.4 Å². The summed E-state index contributed by atoms with van der Waals surface area (Å²) in [5.74, 6) is -0.285. The summed E-state index contributed by atoms with van der Waals surface area (Å²) < 4.78 is 34.7. The van der Waals surface area contributed by atoms with Crippen LogP contribution < -0.4 is 5.32 Å². The minimum Gasteiger partial charge on any atom is -0.389 e. The van der Waals surface area contributed by atoms with Crippen molar-refractivity contribution in [2.75, 3.05) is 19.7 Å². The summed E-state index contributed by atoms with van der Waals surface area (Å²) in [5.41, 5.74) is 0.307. The molecule has 8 heteroatoms. The van der Waals surface area contributed by atoms with E-state index in [0.29, 0.717) is 6.42 Å². The maximum absolute atomic E-state index is 13.7. The van der Waals surface area contributed by atoms with E-state index < -0.39 is 21.7 Å². The van der Waals surface area contributed by atoms with Crippen LogP contribution in [0.25, 0.3) is 0 Å². The van der Waals surface area contributed by atoms with Gasteiger partial charge in [-0.25, -0.2) is 8.42 Å². The first-order valence-electron chi connectivity index (χ1n) is 13.7. The summed E-state index contributed by atoms with van der Waals surface area (Å²) in [7, 11) is -3.87. The van der Waals surface area contributed by atoms with Crippen molar-refractivity contribution in [2.45, 2.75) is 81.9 Å². The molecule has 0 bridgehead atoms. The second kappa shape index (κ2) is 11.5. The van der Waals surface area contributed by atoms with Crippen molar-refractivity contribution in [3.05, 3.63) is 65.7 Å². The highest BCUT2D eigenvalue weighted by Gasteiger charge is 2.47. The number of rotatable bonds is 10. The lowest BCUT2D eigenvalue weighted by atomic mass is 9.85. The van der Waals surface area contributed by atoms with E-state index in [1.807, 2.05) is 51.1 Å². The molecule has 4 atom stereocenters. The molecule has 2 fully saturated rings. The van der Waals surface area contributed by atoms with E-state index in [4.69, 9.17) is 4.74 Å². The lowest BCUT2D eigenvalue weighted by Gasteiger charge is -2.39. The van der Waals surface area contributed by atoms with Crippen LogP contribution in [0.5, 0.6) is 0 Å². The Morgan fingerprint density at radius 1 is 1.13 bits per heavy atom. The molecule has 1 heterocycles. The fourth-order valence-electron chi connectivity index (χ4n) is 5.83. The predicted octanol–water partition coefficient (Wildman–Crippen LogP) is 4.38. The molecule has 0 radical (unpaired) electrons. The van der Waals surface area contributed by atoms with E-state index in [1.165, 1.54) is 4.31 Å². The first-order chi connectivity index (χ1) is 17.9. The lowest BCUT2D eigenvalue weighted by Crippen LogP contribution is -2.57. The molecule has 0 aromatic heterocycles. The number of hydrogen-bond donors (Lipinski definition) is 2. The summed E-state index contributed by atoms with van der Waals surface area (Å²) in [6.45, 7) is 8.42. The quantitative estimate of drug-likeness (QED) is 0.465. The first-order valence-corrected chi connectivity index (χ1v) is 15.2. The number of sulfonamides is 1. The van der Waals surface area contributed by atoms with E-state index >= 15 is 0 Å². The van der Waals surface area contributed by atoms with Crippen LogP contribution >= 0.6 is 0 Å². The zero-order valence-electron chi connectivity index (χ0n) is 23.0. The molecule has 208 valence electrons. The van der Waals surface area contributed by atoms with Crippen molar-refractivity contribution in [1.82, 2.24) is 9.62 Å². The molecule has 7 nitrogen and oxygen atoms in total. The number of nitrogens with zero attached hydrogens (tertiary/aromatic N) is 1. The summed E-state index contributed by atoms with van der Waals surface area (Å²) >= 11 is 0. The Kier molecular flexibility index (Phi) is 8.67. The fourth-order valence-corrected chi connectivity index (χ4v) is 7.44. The van der Waals surface area contributed by atoms with Crippen LogP contribution in [0, 0.1) is 18.8 Å². The average molecular weight is 543 g/mol. The number of aliphatic hydroxyl groups is 1. The molecule has 1 saturated heterocycles. The van der Waals surface area contributed by atoms with Gasteiger partial charge in [-0.2, -0.15) is 4.31 Å². The van der Waals surface area contributed by atoms with Gasteiger partial charge in [0, 0.05) is 25.6 Å². The van der Waals surface area contributed by atoms with Crippen LogP contribution in [-0.4, -0.2) is 55.1 Å². The number of carbonyl (C=O) groups excluding carboxylic acids is 1. The number of benzene rings is 2. The minimum atomic E-state index is -3.87. The Labute approximate surface area is 227 Å². The van der Waals surface area contributed by atoms with Gasteiger partial charge in [-0.1, -0.05) is 61.9 Å². The van der Waals surface area contributed by atoms with Gasteiger partial charge in [0.05, 0.1) is 22.1 Å². The summed E-state index contributed by atoms with van der Waals surface area (Å²) in [6, 6.07) is 16.1. The number of ether oxygens (including phenoxy) is 1. The Hall–Kier alpha value is -2.26. The van der Waals surface area contributed by atoms with Gasteiger partial charge in [0.25, 0.3) is 0 Å². The van der Waals surface area contributed by atoms with Crippen LogP contribution in [0.4, 0.5) is 0 Å². The van der Waals surface area contributed by atoms with Gasteiger partial charge in [0.15, 0.2) is 0 Å². The number of aryl methyl sites for hydroxylation is 1. The average Bonchev–Trinajstić information content (AvgIpc) is 3.53. The smallest absolute Gasteiger partial charge is 0.243 e. The van der Waals surface area contributed by atoms with Crippen molar-refractivity contribution in [1.29, 1.82) is 0 Å². The molecule has 4 rings (SSSR count). The van der Waals surface area contributed by atoms with Crippen LogP contribution in [0.15, 0.2) is 59.5 Å². The zero-order chi connectivity index (χ0) is 27.6. The largest absolute Gasteiger partial charge is 0.389 e.